The third-order valence-corrected chi connectivity index (χ3v) is 3.59. The lowest BCUT2D eigenvalue weighted by molar-refractivity contribution is 0.556. The first-order chi connectivity index (χ1) is 9.18. The summed E-state index contributed by atoms with van der Waals surface area (Å²) in [5.74, 6) is 0. The van der Waals surface area contributed by atoms with Crippen molar-refractivity contribution in [3.8, 4) is 5.69 Å². The Kier molecular flexibility index (Phi) is 2.50. The van der Waals surface area contributed by atoms with Crippen LogP contribution in [0.3, 0.4) is 0 Å². The Labute approximate surface area is 109 Å². The summed E-state index contributed by atoms with van der Waals surface area (Å²) in [7, 11) is 0. The molecule has 5 nitrogen and oxygen atoms in total. The molecule has 0 radical (unpaired) electrons. The van der Waals surface area contributed by atoms with E-state index in [4.69, 9.17) is 0 Å². The highest BCUT2D eigenvalue weighted by molar-refractivity contribution is 5.51. The van der Waals surface area contributed by atoms with E-state index in [-0.39, 0.29) is 5.69 Å². The number of aliphatic imine (C=N–C) groups is 1. The lowest BCUT2D eigenvalue weighted by atomic mass is 10.0. The minimum absolute atomic E-state index is 0.184. The minimum Gasteiger partial charge on any atom is -0.312 e. The number of isocyanates is 1. The van der Waals surface area contributed by atoms with Crippen LogP contribution in [0.4, 0.5) is 0 Å². The summed E-state index contributed by atoms with van der Waals surface area (Å²) in [4.78, 5) is 29.1. The van der Waals surface area contributed by atoms with Crippen molar-refractivity contribution in [1.82, 2.24) is 9.55 Å². The summed E-state index contributed by atoms with van der Waals surface area (Å²) in [5, 5.41) is 0. The summed E-state index contributed by atoms with van der Waals surface area (Å²) in [6.07, 6.45) is 4.95. The molecule has 0 amide bonds. The van der Waals surface area contributed by atoms with Crippen LogP contribution in [-0.4, -0.2) is 15.6 Å². The van der Waals surface area contributed by atoms with Crippen molar-refractivity contribution < 1.29 is 4.79 Å². The van der Waals surface area contributed by atoms with Crippen LogP contribution in [-0.2, 0) is 10.3 Å². The van der Waals surface area contributed by atoms with Crippen molar-refractivity contribution in [2.75, 3.05) is 0 Å². The maximum absolute atomic E-state index is 11.9. The molecular weight excluding hydrogens is 242 g/mol. The summed E-state index contributed by atoms with van der Waals surface area (Å²) in [6.45, 7) is 1.86. The van der Waals surface area contributed by atoms with E-state index >= 15 is 0 Å². The third kappa shape index (κ3) is 1.75. The molecule has 0 saturated heterocycles. The van der Waals surface area contributed by atoms with Gasteiger partial charge in [0.15, 0.2) is 0 Å². The Morgan fingerprint density at radius 2 is 2.11 bits per heavy atom. The van der Waals surface area contributed by atoms with Crippen molar-refractivity contribution in [1.29, 1.82) is 0 Å². The van der Waals surface area contributed by atoms with Crippen molar-refractivity contribution in [2.45, 2.75) is 25.3 Å². The second kappa shape index (κ2) is 4.07. The van der Waals surface area contributed by atoms with Crippen molar-refractivity contribution in [2.24, 2.45) is 4.99 Å². The number of carbonyl (C=O) groups excluding carboxylic acids is 1. The van der Waals surface area contributed by atoms with Crippen LogP contribution in [0.1, 0.15) is 24.1 Å². The predicted molar refractivity (Wildman–Crippen MR) is 70.2 cm³/mol. The van der Waals surface area contributed by atoms with Gasteiger partial charge < -0.3 is 4.98 Å². The van der Waals surface area contributed by atoms with E-state index in [9.17, 15) is 9.59 Å². The first-order valence-electron chi connectivity index (χ1n) is 6.14. The van der Waals surface area contributed by atoms with Crippen molar-refractivity contribution in [3.05, 3.63) is 52.2 Å². The highest BCUT2D eigenvalue weighted by Gasteiger charge is 2.46. The molecule has 0 spiro atoms. The van der Waals surface area contributed by atoms with Crippen LogP contribution in [0.2, 0.25) is 0 Å². The topological polar surface area (TPSA) is 67.2 Å². The van der Waals surface area contributed by atoms with E-state index in [2.05, 4.69) is 9.98 Å². The van der Waals surface area contributed by atoms with Crippen LogP contribution in [0.5, 0.6) is 0 Å². The molecule has 0 bridgehead atoms. The van der Waals surface area contributed by atoms with Crippen LogP contribution in [0.25, 0.3) is 5.69 Å². The minimum atomic E-state index is -0.485. The Balaban J connectivity index is 2.24. The van der Waals surface area contributed by atoms with Gasteiger partial charge in [0.1, 0.15) is 5.54 Å². The van der Waals surface area contributed by atoms with Crippen LogP contribution in [0.15, 0.2) is 40.2 Å². The smallest absolute Gasteiger partial charge is 0.312 e. The maximum Gasteiger partial charge on any atom is 0.330 e. The molecule has 1 N–H and O–H groups in total. The highest BCUT2D eigenvalue weighted by atomic mass is 16.1. The number of aryl methyl sites for hydroxylation is 1. The van der Waals surface area contributed by atoms with E-state index in [1.165, 1.54) is 0 Å². The maximum atomic E-state index is 11.9. The second-order valence-corrected chi connectivity index (χ2v) is 4.82. The molecular formula is C14H13N3O2. The third-order valence-electron chi connectivity index (χ3n) is 3.59. The van der Waals surface area contributed by atoms with E-state index in [1.807, 2.05) is 31.2 Å². The van der Waals surface area contributed by atoms with E-state index in [0.717, 1.165) is 29.8 Å². The fraction of sp³-hybridized carbons (Fsp3) is 0.286. The molecule has 1 saturated carbocycles. The van der Waals surface area contributed by atoms with Gasteiger partial charge in [-0.25, -0.2) is 9.59 Å². The monoisotopic (exact) mass is 255 g/mol. The van der Waals surface area contributed by atoms with Gasteiger partial charge in [0.05, 0.1) is 5.69 Å². The number of rotatable bonds is 3. The molecule has 1 heterocycles. The standard InChI is InChI=1S/C14H13N3O2/c1-10-8-15-13(19)17(10)12-5-3-2-4-11(12)14(6-7-14)16-9-18/h2-5,8H,6-7H2,1H3,(H,15,19). The molecule has 1 aliphatic carbocycles. The Bertz CT molecular complexity index is 731. The van der Waals surface area contributed by atoms with Gasteiger partial charge in [0.25, 0.3) is 0 Å². The number of benzene rings is 1. The number of nitrogens with zero attached hydrogens (tertiary/aromatic N) is 2. The molecule has 3 rings (SSSR count). The first-order valence-corrected chi connectivity index (χ1v) is 6.14. The second-order valence-electron chi connectivity index (χ2n) is 4.82. The van der Waals surface area contributed by atoms with Gasteiger partial charge in [-0.15, -0.1) is 0 Å². The quantitative estimate of drug-likeness (QED) is 0.671. The number of aromatic amines is 1. The summed E-state index contributed by atoms with van der Waals surface area (Å²) in [5.41, 5.74) is 1.84. The fourth-order valence-corrected chi connectivity index (χ4v) is 2.46. The van der Waals surface area contributed by atoms with Gasteiger partial charge in [-0.3, -0.25) is 4.57 Å². The van der Waals surface area contributed by atoms with Gasteiger partial charge in [0.2, 0.25) is 6.08 Å². The van der Waals surface area contributed by atoms with E-state index < -0.39 is 5.54 Å². The Morgan fingerprint density at radius 3 is 2.68 bits per heavy atom. The number of H-pyrrole nitrogens is 1. The average Bonchev–Trinajstić information content (AvgIpc) is 3.11. The molecule has 5 heteroatoms. The predicted octanol–water partition coefficient (Wildman–Crippen LogP) is 1.80. The number of hydrogen-bond donors (Lipinski definition) is 1. The van der Waals surface area contributed by atoms with Crippen molar-refractivity contribution in [3.63, 3.8) is 0 Å². The lowest BCUT2D eigenvalue weighted by Crippen LogP contribution is -2.19. The number of aromatic nitrogens is 2. The molecule has 1 aromatic carbocycles. The Hall–Kier alpha value is -2.39. The summed E-state index contributed by atoms with van der Waals surface area (Å²) >= 11 is 0. The average molecular weight is 255 g/mol. The first kappa shape index (κ1) is 11.7. The number of hydrogen-bond acceptors (Lipinski definition) is 3. The molecule has 1 aromatic heterocycles. The summed E-state index contributed by atoms with van der Waals surface area (Å²) < 4.78 is 1.61. The van der Waals surface area contributed by atoms with E-state index in [1.54, 1.807) is 16.8 Å². The normalized spacial score (nSPS) is 15.8. The number of imidazole rings is 1. The molecule has 1 fully saturated rings. The fourth-order valence-electron chi connectivity index (χ4n) is 2.46. The van der Waals surface area contributed by atoms with Crippen LogP contribution >= 0.6 is 0 Å². The van der Waals surface area contributed by atoms with Crippen molar-refractivity contribution >= 4 is 6.08 Å². The molecule has 1 aliphatic rings. The van der Waals surface area contributed by atoms with Gasteiger partial charge in [0, 0.05) is 17.5 Å². The van der Waals surface area contributed by atoms with Gasteiger partial charge in [-0.1, -0.05) is 18.2 Å². The van der Waals surface area contributed by atoms with E-state index in [0.29, 0.717) is 0 Å². The molecule has 96 valence electrons. The zero-order chi connectivity index (χ0) is 13.5. The summed E-state index contributed by atoms with van der Waals surface area (Å²) in [6, 6.07) is 7.56. The molecule has 19 heavy (non-hydrogen) atoms. The highest BCUT2D eigenvalue weighted by Crippen LogP contribution is 2.50. The van der Waals surface area contributed by atoms with Crippen LogP contribution < -0.4 is 5.69 Å². The number of nitrogens with one attached hydrogen (secondary N) is 1. The van der Waals surface area contributed by atoms with Gasteiger partial charge in [-0.05, 0) is 25.8 Å². The Morgan fingerprint density at radius 1 is 1.37 bits per heavy atom. The van der Waals surface area contributed by atoms with Gasteiger partial charge in [-0.2, -0.15) is 4.99 Å². The molecule has 0 aliphatic heterocycles. The SMILES string of the molecule is Cc1c[nH]c(=O)n1-c1ccccc1C1(N=C=O)CC1. The zero-order valence-electron chi connectivity index (χ0n) is 10.5. The van der Waals surface area contributed by atoms with Gasteiger partial charge >= 0.3 is 5.69 Å². The number of para-hydroxylation sites is 1. The molecule has 2 aromatic rings. The lowest BCUT2D eigenvalue weighted by Gasteiger charge is -2.15. The zero-order valence-corrected chi connectivity index (χ0v) is 10.5. The molecule has 0 atom stereocenters. The molecule has 0 unspecified atom stereocenters. The largest absolute Gasteiger partial charge is 0.330 e. The van der Waals surface area contributed by atoms with Crippen LogP contribution in [0, 0.1) is 6.92 Å².